The van der Waals surface area contributed by atoms with Gasteiger partial charge in [0.05, 0.1) is 0 Å². The summed E-state index contributed by atoms with van der Waals surface area (Å²) >= 11 is 0.563. The van der Waals surface area contributed by atoms with Gasteiger partial charge < -0.3 is 0 Å². The van der Waals surface area contributed by atoms with E-state index in [4.69, 9.17) is 0 Å². The molecule has 0 aliphatic rings. The molecule has 0 heterocycles. The minimum atomic E-state index is -0.139. The molecule has 0 amide bonds. The molecule has 2 nitrogen and oxygen atoms in total. The normalized spacial score (nSPS) is 7.71. The van der Waals surface area contributed by atoms with Crippen LogP contribution in [0.3, 0.4) is 0 Å². The molecule has 0 rings (SSSR count). The summed E-state index contributed by atoms with van der Waals surface area (Å²) in [5.41, 5.74) is 0. The molecule has 0 fully saturated rings. The molecular weight excluding hydrogens is 145 g/mol. The Morgan fingerprint density at radius 3 is 2.71 bits per heavy atom. The van der Waals surface area contributed by atoms with Crippen molar-refractivity contribution in [1.82, 2.24) is 0 Å². The van der Waals surface area contributed by atoms with Crippen LogP contribution >= 0.6 is 0 Å². The van der Waals surface area contributed by atoms with E-state index in [1.165, 1.54) is 0 Å². The van der Waals surface area contributed by atoms with Gasteiger partial charge in [0.25, 0.3) is 0 Å². The van der Waals surface area contributed by atoms with Crippen molar-refractivity contribution >= 4 is 4.56 Å². The van der Waals surface area contributed by atoms with E-state index in [-0.39, 0.29) is 4.56 Å². The molecule has 0 aromatic rings. The quantitative estimate of drug-likeness (QED) is 0.431. The van der Waals surface area contributed by atoms with Crippen LogP contribution < -0.4 is 0 Å². The molecule has 0 radical (unpaired) electrons. The second kappa shape index (κ2) is 4.00. The van der Waals surface area contributed by atoms with Gasteiger partial charge in [0.15, 0.2) is 0 Å². The Bertz CT molecular complexity index is 79.8. The monoisotopic (exact) mass is 149 g/mol. The first-order chi connectivity index (χ1) is 3.27. The van der Waals surface area contributed by atoms with Gasteiger partial charge in [-0.1, -0.05) is 0 Å². The van der Waals surface area contributed by atoms with Crippen LogP contribution in [0.1, 0.15) is 0 Å². The maximum atomic E-state index is 9.99. The predicted molar refractivity (Wildman–Crippen MR) is 21.5 cm³/mol. The zero-order valence-corrected chi connectivity index (χ0v) is 6.98. The van der Waals surface area contributed by atoms with Gasteiger partial charge in [0.2, 0.25) is 0 Å². The third-order valence-electron chi connectivity index (χ3n) is 0.362. The van der Waals surface area contributed by atoms with E-state index in [1.54, 1.807) is 6.08 Å². The van der Waals surface area contributed by atoms with Gasteiger partial charge in [-0.25, -0.2) is 0 Å². The number of hydrogen-bond donors (Lipinski definition) is 0. The first-order valence-electron chi connectivity index (χ1n) is 1.87. The molecule has 35 valence electrons. The van der Waals surface area contributed by atoms with E-state index in [1.807, 2.05) is 0 Å². The van der Waals surface area contributed by atoms with Gasteiger partial charge >= 0.3 is 51.7 Å². The molecular formula is C4H5O2Zn. The molecule has 0 spiro atoms. The number of ether oxygens (including phenoxy) is 1. The minimum absolute atomic E-state index is 0.139. The Balaban J connectivity index is 2.97. The second-order valence-corrected chi connectivity index (χ2v) is 2.18. The van der Waals surface area contributed by atoms with Crippen LogP contribution in [0.5, 0.6) is 0 Å². The summed E-state index contributed by atoms with van der Waals surface area (Å²) in [6, 6.07) is 0. The van der Waals surface area contributed by atoms with E-state index in [0.717, 1.165) is 0 Å². The summed E-state index contributed by atoms with van der Waals surface area (Å²) in [6.07, 6.45) is 1.55. The van der Waals surface area contributed by atoms with E-state index >= 15 is 0 Å². The summed E-state index contributed by atoms with van der Waals surface area (Å²) in [5, 5.41) is 0. The summed E-state index contributed by atoms with van der Waals surface area (Å²) in [5.74, 6) is 0. The molecule has 0 aliphatic carbocycles. The fourth-order valence-electron chi connectivity index (χ4n) is 0.152. The van der Waals surface area contributed by atoms with Crippen molar-refractivity contribution in [2.45, 2.75) is 0 Å². The van der Waals surface area contributed by atoms with Crippen molar-refractivity contribution in [3.8, 4) is 0 Å². The van der Waals surface area contributed by atoms with Crippen LogP contribution in [0.15, 0.2) is 12.7 Å². The van der Waals surface area contributed by atoms with Crippen LogP contribution in [-0.4, -0.2) is 11.2 Å². The van der Waals surface area contributed by atoms with Crippen LogP contribution in [0.25, 0.3) is 0 Å². The van der Waals surface area contributed by atoms with Crippen LogP contribution in [0.2, 0.25) is 0 Å². The Kier molecular flexibility index (Phi) is 3.91. The van der Waals surface area contributed by atoms with Gasteiger partial charge in [0, 0.05) is 0 Å². The van der Waals surface area contributed by atoms with Crippen LogP contribution in [0.4, 0.5) is 4.79 Å². The maximum absolute atomic E-state index is 9.99. The summed E-state index contributed by atoms with van der Waals surface area (Å²) in [4.78, 5) is 9.99. The van der Waals surface area contributed by atoms with Gasteiger partial charge in [-0.2, -0.15) is 0 Å². The molecule has 0 aliphatic heterocycles. The molecule has 0 aromatic carbocycles. The van der Waals surface area contributed by atoms with Crippen LogP contribution in [0, 0.1) is 0 Å². The van der Waals surface area contributed by atoms with Crippen molar-refractivity contribution in [3.63, 3.8) is 0 Å². The van der Waals surface area contributed by atoms with Crippen molar-refractivity contribution in [2.75, 3.05) is 6.61 Å². The third-order valence-corrected chi connectivity index (χ3v) is 0.790. The van der Waals surface area contributed by atoms with E-state index in [0.29, 0.717) is 24.9 Å². The topological polar surface area (TPSA) is 26.3 Å². The Labute approximate surface area is 52.2 Å². The molecule has 0 saturated carbocycles. The average molecular weight is 150 g/mol. The summed E-state index contributed by atoms with van der Waals surface area (Å²) < 4.78 is 4.35. The SMILES string of the molecule is C=CCO[C](=O)[Zn]. The van der Waals surface area contributed by atoms with Crippen molar-refractivity contribution in [3.05, 3.63) is 12.7 Å². The molecule has 0 bridgehead atoms. The van der Waals surface area contributed by atoms with Crippen molar-refractivity contribution in [1.29, 1.82) is 0 Å². The molecule has 3 heteroatoms. The van der Waals surface area contributed by atoms with Gasteiger partial charge in [0.1, 0.15) is 0 Å². The predicted octanol–water partition coefficient (Wildman–Crippen LogP) is 0.856. The Hall–Kier alpha value is -0.167. The molecule has 0 N–H and O–H groups in total. The van der Waals surface area contributed by atoms with Crippen molar-refractivity contribution in [2.24, 2.45) is 0 Å². The zero-order chi connectivity index (χ0) is 5.70. The Morgan fingerprint density at radius 2 is 2.57 bits per heavy atom. The number of hydrogen-bond acceptors (Lipinski definition) is 2. The second-order valence-electron chi connectivity index (χ2n) is 0.972. The fourth-order valence-corrected chi connectivity index (χ4v) is 0.399. The Morgan fingerprint density at radius 1 is 2.00 bits per heavy atom. The zero-order valence-electron chi connectivity index (χ0n) is 4.02. The third kappa shape index (κ3) is 5.83. The summed E-state index contributed by atoms with van der Waals surface area (Å²) in [7, 11) is 0. The van der Waals surface area contributed by atoms with Gasteiger partial charge in [-0.05, 0) is 0 Å². The molecule has 7 heavy (non-hydrogen) atoms. The number of rotatable bonds is 2. The molecule has 0 unspecified atom stereocenters. The molecule has 0 atom stereocenters. The standard InChI is InChI=1S/C4H5O2.Zn/c1-2-3-6-4-5;/h2H,1,3H2;. The molecule has 0 aromatic heterocycles. The van der Waals surface area contributed by atoms with E-state index in [2.05, 4.69) is 11.3 Å². The van der Waals surface area contributed by atoms with Gasteiger partial charge in [-0.3, -0.25) is 0 Å². The fraction of sp³-hybridized carbons (Fsp3) is 0.250. The first-order valence-corrected chi connectivity index (χ1v) is 3.35. The molecule has 0 saturated heterocycles. The average Bonchev–Trinajstić information content (AvgIpc) is 1.61. The first kappa shape index (κ1) is 6.83. The van der Waals surface area contributed by atoms with Crippen molar-refractivity contribution < 1.29 is 27.8 Å². The van der Waals surface area contributed by atoms with Crippen LogP contribution in [-0.2, 0) is 23.0 Å². The van der Waals surface area contributed by atoms with E-state index in [9.17, 15) is 4.79 Å². The van der Waals surface area contributed by atoms with E-state index < -0.39 is 0 Å². The number of carbonyl (C=O) groups is 1. The van der Waals surface area contributed by atoms with Gasteiger partial charge in [-0.15, -0.1) is 0 Å². The summed E-state index contributed by atoms with van der Waals surface area (Å²) in [6.45, 7) is 3.72. The number of carbonyl (C=O) groups excluding carboxylic acids is 1.